The van der Waals surface area contributed by atoms with Gasteiger partial charge in [0.2, 0.25) is 0 Å². The normalized spacial score (nSPS) is 11.4. The van der Waals surface area contributed by atoms with E-state index in [2.05, 4.69) is 127 Å². The largest absolute Gasteiger partial charge is 0.364 e. The summed E-state index contributed by atoms with van der Waals surface area (Å²) in [5, 5.41) is 3.90. The molecule has 0 unspecified atom stereocenters. The average molecular weight is 380 g/mol. The van der Waals surface area contributed by atoms with Crippen LogP contribution in [0.4, 0.5) is 5.69 Å². The van der Waals surface area contributed by atoms with E-state index >= 15 is 0 Å². The molecule has 28 heavy (non-hydrogen) atoms. The van der Waals surface area contributed by atoms with Gasteiger partial charge in [0.05, 0.1) is 0 Å². The Morgan fingerprint density at radius 3 is 1.96 bits per heavy atom. The van der Waals surface area contributed by atoms with Crippen molar-refractivity contribution in [3.63, 3.8) is 0 Å². The van der Waals surface area contributed by atoms with Gasteiger partial charge in [-0.1, -0.05) is 104 Å². The maximum Gasteiger partial charge on any atom is 0.187 e. The summed E-state index contributed by atoms with van der Waals surface area (Å²) in [6, 6.07) is 36.6. The number of anilines is 1. The van der Waals surface area contributed by atoms with Gasteiger partial charge < -0.3 is 4.57 Å². The topological polar surface area (TPSA) is 3.24 Å². The van der Waals surface area contributed by atoms with Crippen molar-refractivity contribution in [2.45, 2.75) is 13.1 Å². The number of rotatable bonds is 5. The first kappa shape index (κ1) is 18.3. The second-order valence-corrected chi connectivity index (χ2v) is 11.7. The molecule has 0 saturated carbocycles. The highest BCUT2D eigenvalue weighted by Gasteiger charge is 2.35. The lowest BCUT2D eigenvalue weighted by Gasteiger charge is -2.41. The number of hydrogen-bond donors (Lipinski definition) is 0. The van der Waals surface area contributed by atoms with Crippen molar-refractivity contribution in [2.24, 2.45) is 0 Å². The van der Waals surface area contributed by atoms with Crippen LogP contribution in [-0.4, -0.2) is 8.24 Å². The molecule has 0 aromatic heterocycles. The first-order chi connectivity index (χ1) is 13.6. The summed E-state index contributed by atoms with van der Waals surface area (Å²) in [6.07, 6.45) is 0. The maximum atomic E-state index is 4.56. The third-order valence-electron chi connectivity index (χ3n) is 5.42. The molecule has 0 amide bonds. The molecule has 0 fully saturated rings. The van der Waals surface area contributed by atoms with Crippen LogP contribution in [0.3, 0.4) is 0 Å². The Kier molecular flexibility index (Phi) is 4.89. The average Bonchev–Trinajstić information content (AvgIpc) is 2.75. The Bertz CT molecular complexity index is 1100. The van der Waals surface area contributed by atoms with Crippen LogP contribution < -0.4 is 9.75 Å². The Labute approximate surface area is 168 Å². The molecular formula is C26H25NSi. The van der Waals surface area contributed by atoms with Gasteiger partial charge in [-0.25, -0.2) is 0 Å². The quantitative estimate of drug-likeness (QED) is 0.361. The first-order valence-electron chi connectivity index (χ1n) is 9.67. The predicted octanol–water partition coefficient (Wildman–Crippen LogP) is 6.43. The van der Waals surface area contributed by atoms with Crippen molar-refractivity contribution in [3.05, 3.63) is 115 Å². The molecule has 1 nitrogen and oxygen atoms in total. The molecule has 0 aliphatic heterocycles. The molecule has 138 valence electrons. The second kappa shape index (κ2) is 7.49. The summed E-state index contributed by atoms with van der Waals surface area (Å²) >= 11 is 0. The van der Waals surface area contributed by atoms with E-state index < -0.39 is 8.24 Å². The Morgan fingerprint density at radius 2 is 1.25 bits per heavy atom. The van der Waals surface area contributed by atoms with E-state index in [0.717, 1.165) is 11.3 Å². The van der Waals surface area contributed by atoms with E-state index in [1.54, 1.807) is 0 Å². The van der Waals surface area contributed by atoms with Crippen LogP contribution >= 0.6 is 0 Å². The van der Waals surface area contributed by atoms with Gasteiger partial charge in [-0.3, -0.25) is 0 Å². The van der Waals surface area contributed by atoms with Crippen molar-refractivity contribution < 1.29 is 0 Å². The third-order valence-corrected chi connectivity index (χ3v) is 8.80. The summed E-state index contributed by atoms with van der Waals surface area (Å²) in [6.45, 7) is 9.36. The molecule has 0 aliphatic rings. The van der Waals surface area contributed by atoms with Crippen LogP contribution in [0.2, 0.25) is 13.1 Å². The van der Waals surface area contributed by atoms with Crippen LogP contribution in [-0.2, 0) is 0 Å². The highest BCUT2D eigenvalue weighted by Crippen LogP contribution is 2.35. The van der Waals surface area contributed by atoms with E-state index in [9.17, 15) is 0 Å². The fourth-order valence-corrected chi connectivity index (χ4v) is 6.79. The molecule has 2 heteroatoms. The van der Waals surface area contributed by atoms with Crippen molar-refractivity contribution in [1.82, 2.24) is 0 Å². The molecule has 0 bridgehead atoms. The molecule has 0 saturated heterocycles. The Hall–Kier alpha value is -3.10. The zero-order valence-electron chi connectivity index (χ0n) is 16.5. The van der Waals surface area contributed by atoms with Crippen molar-refractivity contribution in [2.75, 3.05) is 4.57 Å². The molecule has 0 N–H and O–H groups in total. The van der Waals surface area contributed by atoms with Gasteiger partial charge in [0.25, 0.3) is 0 Å². The molecule has 0 heterocycles. The minimum atomic E-state index is -2.08. The lowest BCUT2D eigenvalue weighted by molar-refractivity contribution is 1.36. The second-order valence-electron chi connectivity index (χ2n) is 7.57. The SMILES string of the molecule is C=C(c1ccccc1)N(c1cccc2ccccc12)[Si](C)(C)c1ccccc1. The summed E-state index contributed by atoms with van der Waals surface area (Å²) < 4.78 is 2.51. The molecule has 4 aromatic rings. The van der Waals surface area contributed by atoms with Gasteiger partial charge in [-0.05, 0) is 35.3 Å². The summed E-state index contributed by atoms with van der Waals surface area (Å²) in [7, 11) is -2.08. The first-order valence-corrected chi connectivity index (χ1v) is 12.6. The molecule has 4 aromatic carbocycles. The third kappa shape index (κ3) is 3.28. The molecule has 4 rings (SSSR count). The van der Waals surface area contributed by atoms with Crippen LogP contribution in [0.15, 0.2) is 110 Å². The lowest BCUT2D eigenvalue weighted by Crippen LogP contribution is -2.57. The monoisotopic (exact) mass is 379 g/mol. The van der Waals surface area contributed by atoms with E-state index in [1.807, 2.05) is 0 Å². The Morgan fingerprint density at radius 1 is 0.679 bits per heavy atom. The zero-order chi connectivity index (χ0) is 19.6. The van der Waals surface area contributed by atoms with Crippen molar-refractivity contribution >= 4 is 35.6 Å². The van der Waals surface area contributed by atoms with E-state index in [0.29, 0.717) is 0 Å². The minimum Gasteiger partial charge on any atom is -0.364 e. The lowest BCUT2D eigenvalue weighted by atomic mass is 10.1. The maximum absolute atomic E-state index is 4.56. The van der Waals surface area contributed by atoms with Crippen LogP contribution in [0.25, 0.3) is 16.5 Å². The highest BCUT2D eigenvalue weighted by molar-refractivity contribution is 6.94. The van der Waals surface area contributed by atoms with Crippen LogP contribution in [0.1, 0.15) is 5.56 Å². The van der Waals surface area contributed by atoms with E-state index in [4.69, 9.17) is 0 Å². The van der Waals surface area contributed by atoms with Crippen LogP contribution in [0, 0.1) is 0 Å². The van der Waals surface area contributed by atoms with Gasteiger partial charge >= 0.3 is 0 Å². The zero-order valence-corrected chi connectivity index (χ0v) is 17.5. The molecule has 0 spiro atoms. The molecule has 0 atom stereocenters. The van der Waals surface area contributed by atoms with Gasteiger partial charge in [0, 0.05) is 16.8 Å². The smallest absolute Gasteiger partial charge is 0.187 e. The predicted molar refractivity (Wildman–Crippen MR) is 125 cm³/mol. The highest BCUT2D eigenvalue weighted by atomic mass is 28.3. The van der Waals surface area contributed by atoms with Gasteiger partial charge in [0.1, 0.15) is 0 Å². The van der Waals surface area contributed by atoms with E-state index in [-0.39, 0.29) is 0 Å². The summed E-state index contributed by atoms with van der Waals surface area (Å²) in [4.78, 5) is 0. The van der Waals surface area contributed by atoms with Crippen molar-refractivity contribution in [3.8, 4) is 0 Å². The number of nitrogens with zero attached hydrogens (tertiary/aromatic N) is 1. The number of fused-ring (bicyclic) bond motifs is 1. The van der Waals surface area contributed by atoms with Crippen molar-refractivity contribution in [1.29, 1.82) is 0 Å². The standard InChI is InChI=1S/C26H25NSi/c1-21(22-13-6-4-7-14-22)27(28(2,3)24-17-8-5-9-18-24)26-20-12-16-23-15-10-11-19-25(23)26/h4-20H,1H2,2-3H3. The molecule has 0 radical (unpaired) electrons. The summed E-state index contributed by atoms with van der Waals surface area (Å²) in [5.74, 6) is 0. The Balaban J connectivity index is 1.95. The number of benzene rings is 4. The van der Waals surface area contributed by atoms with Crippen LogP contribution in [0.5, 0.6) is 0 Å². The van der Waals surface area contributed by atoms with Gasteiger partial charge in [-0.2, -0.15) is 0 Å². The van der Waals surface area contributed by atoms with Gasteiger partial charge in [-0.15, -0.1) is 0 Å². The summed E-state index contributed by atoms with van der Waals surface area (Å²) in [5.41, 5.74) is 3.44. The van der Waals surface area contributed by atoms with E-state index in [1.165, 1.54) is 21.6 Å². The van der Waals surface area contributed by atoms with Gasteiger partial charge in [0.15, 0.2) is 8.24 Å². The molecule has 0 aliphatic carbocycles. The number of hydrogen-bond acceptors (Lipinski definition) is 1. The molecular weight excluding hydrogens is 354 g/mol. The fourth-order valence-electron chi connectivity index (χ4n) is 3.92. The minimum absolute atomic E-state index is 1.05. The fraction of sp³-hybridized carbons (Fsp3) is 0.0769.